The first-order valence-electron chi connectivity index (χ1n) is 5.83. The first-order valence-corrected chi connectivity index (χ1v) is 7.97. The molecule has 3 nitrogen and oxygen atoms in total. The highest BCUT2D eigenvalue weighted by Crippen LogP contribution is 2.18. The topological polar surface area (TPSA) is 52.3 Å². The molecule has 1 atom stereocenters. The van der Waals surface area contributed by atoms with Crippen LogP contribution in [0.1, 0.15) is 6.42 Å². The third-order valence-corrected chi connectivity index (χ3v) is 4.61. The van der Waals surface area contributed by atoms with Crippen LogP contribution in [0.25, 0.3) is 0 Å². The second-order valence-electron chi connectivity index (χ2n) is 3.69. The quantitative estimate of drug-likeness (QED) is 0.451. The number of esters is 1. The molecule has 0 saturated heterocycles. The predicted molar refractivity (Wildman–Crippen MR) is 79.1 cm³/mol. The van der Waals surface area contributed by atoms with Gasteiger partial charge in [-0.05, 0) is 24.3 Å². The van der Waals surface area contributed by atoms with E-state index in [1.165, 1.54) is 12.0 Å². The smallest absolute Gasteiger partial charge is 0.322 e. The molecule has 0 aromatic heterocycles. The Labute approximate surface area is 117 Å². The highest BCUT2D eigenvalue weighted by atomic mass is 32.2. The van der Waals surface area contributed by atoms with Crippen LogP contribution in [0, 0.1) is 0 Å². The Kier molecular flexibility index (Phi) is 7.96. The minimum atomic E-state index is -0.482. The lowest BCUT2D eigenvalue weighted by Gasteiger charge is -2.08. The summed E-state index contributed by atoms with van der Waals surface area (Å²) in [7, 11) is 1.37. The molecule has 0 spiro atoms. The summed E-state index contributed by atoms with van der Waals surface area (Å²) >= 11 is 3.67. The molecule has 1 aromatic carbocycles. The monoisotopic (exact) mass is 285 g/mol. The molecule has 0 aliphatic heterocycles. The largest absolute Gasteiger partial charge is 0.468 e. The Bertz CT molecular complexity index is 346. The fraction of sp³-hybridized carbons (Fsp3) is 0.462. The third kappa shape index (κ3) is 6.33. The number of benzene rings is 1. The summed E-state index contributed by atoms with van der Waals surface area (Å²) in [6.07, 6.45) is 0.674. The van der Waals surface area contributed by atoms with Gasteiger partial charge < -0.3 is 10.5 Å². The molecular formula is C13H19NO2S2. The van der Waals surface area contributed by atoms with E-state index in [0.717, 1.165) is 17.3 Å². The Hall–Kier alpha value is -0.650. The summed E-state index contributed by atoms with van der Waals surface area (Å²) in [6, 6.07) is 9.86. The number of methoxy groups -OCH3 is 1. The fourth-order valence-electron chi connectivity index (χ4n) is 1.32. The summed E-state index contributed by atoms with van der Waals surface area (Å²) in [5, 5.41) is 0. The minimum absolute atomic E-state index is 0.325. The van der Waals surface area contributed by atoms with E-state index < -0.39 is 6.04 Å². The molecule has 0 radical (unpaired) electrons. The van der Waals surface area contributed by atoms with Crippen LogP contribution in [0.15, 0.2) is 35.2 Å². The highest BCUT2D eigenvalue weighted by Gasteiger charge is 2.12. The van der Waals surface area contributed by atoms with Gasteiger partial charge in [0.2, 0.25) is 0 Å². The van der Waals surface area contributed by atoms with E-state index in [4.69, 9.17) is 5.73 Å². The molecule has 0 bridgehead atoms. The van der Waals surface area contributed by atoms with Crippen LogP contribution in [-0.2, 0) is 9.53 Å². The van der Waals surface area contributed by atoms with E-state index in [2.05, 4.69) is 16.9 Å². The van der Waals surface area contributed by atoms with Crippen LogP contribution in [0.5, 0.6) is 0 Å². The molecule has 0 aliphatic carbocycles. The zero-order valence-electron chi connectivity index (χ0n) is 10.5. The SMILES string of the molecule is COC(=O)C(N)CCSCCSc1ccccc1. The van der Waals surface area contributed by atoms with Crippen molar-refractivity contribution < 1.29 is 9.53 Å². The molecule has 0 saturated carbocycles. The molecule has 1 unspecified atom stereocenters. The van der Waals surface area contributed by atoms with Crippen molar-refractivity contribution >= 4 is 29.5 Å². The zero-order valence-corrected chi connectivity index (χ0v) is 12.1. The molecule has 0 amide bonds. The lowest BCUT2D eigenvalue weighted by molar-refractivity contribution is -0.142. The van der Waals surface area contributed by atoms with Gasteiger partial charge in [-0.1, -0.05) is 18.2 Å². The normalized spacial score (nSPS) is 12.1. The number of hydrogen-bond donors (Lipinski definition) is 1. The maximum absolute atomic E-state index is 11.1. The van der Waals surface area contributed by atoms with Crippen LogP contribution < -0.4 is 5.73 Å². The van der Waals surface area contributed by atoms with Gasteiger partial charge in [-0.2, -0.15) is 11.8 Å². The Balaban J connectivity index is 2.01. The molecule has 0 heterocycles. The Morgan fingerprint density at radius 2 is 2.00 bits per heavy atom. The average molecular weight is 285 g/mol. The molecule has 2 N–H and O–H groups in total. The molecule has 0 aliphatic rings. The fourth-order valence-corrected chi connectivity index (χ4v) is 3.33. The minimum Gasteiger partial charge on any atom is -0.468 e. The van der Waals surface area contributed by atoms with Gasteiger partial charge in [0.25, 0.3) is 0 Å². The molecule has 100 valence electrons. The van der Waals surface area contributed by atoms with Crippen LogP contribution in [0.4, 0.5) is 0 Å². The van der Waals surface area contributed by atoms with Gasteiger partial charge in [-0.15, -0.1) is 11.8 Å². The van der Waals surface area contributed by atoms with Crippen molar-refractivity contribution in [1.82, 2.24) is 0 Å². The van der Waals surface area contributed by atoms with Crippen LogP contribution in [-0.4, -0.2) is 36.4 Å². The van der Waals surface area contributed by atoms with Crippen molar-refractivity contribution in [3.8, 4) is 0 Å². The van der Waals surface area contributed by atoms with Crippen molar-refractivity contribution in [2.75, 3.05) is 24.4 Å². The maximum atomic E-state index is 11.1. The molecule has 1 rings (SSSR count). The molecule has 5 heteroatoms. The number of ether oxygens (including phenoxy) is 1. The summed E-state index contributed by atoms with van der Waals surface area (Å²) in [6.45, 7) is 0. The van der Waals surface area contributed by atoms with Crippen LogP contribution in [0.2, 0.25) is 0 Å². The zero-order chi connectivity index (χ0) is 13.2. The lowest BCUT2D eigenvalue weighted by Crippen LogP contribution is -2.32. The van der Waals surface area contributed by atoms with Crippen molar-refractivity contribution in [3.05, 3.63) is 30.3 Å². The summed E-state index contributed by atoms with van der Waals surface area (Å²) in [5.41, 5.74) is 5.64. The second kappa shape index (κ2) is 9.30. The molecule has 18 heavy (non-hydrogen) atoms. The van der Waals surface area contributed by atoms with E-state index >= 15 is 0 Å². The van der Waals surface area contributed by atoms with E-state index in [-0.39, 0.29) is 5.97 Å². The molecular weight excluding hydrogens is 266 g/mol. The third-order valence-electron chi connectivity index (χ3n) is 2.32. The number of carbonyl (C=O) groups is 1. The van der Waals surface area contributed by atoms with Crippen molar-refractivity contribution in [3.63, 3.8) is 0 Å². The van der Waals surface area contributed by atoms with Gasteiger partial charge in [0, 0.05) is 16.4 Å². The summed E-state index contributed by atoms with van der Waals surface area (Å²) in [5.74, 6) is 2.70. The summed E-state index contributed by atoms with van der Waals surface area (Å²) < 4.78 is 4.57. The first-order chi connectivity index (χ1) is 8.74. The summed E-state index contributed by atoms with van der Waals surface area (Å²) in [4.78, 5) is 12.4. The number of hydrogen-bond acceptors (Lipinski definition) is 5. The van der Waals surface area contributed by atoms with E-state index in [1.807, 2.05) is 41.7 Å². The van der Waals surface area contributed by atoms with E-state index in [9.17, 15) is 4.79 Å². The van der Waals surface area contributed by atoms with E-state index in [1.54, 1.807) is 0 Å². The Morgan fingerprint density at radius 1 is 1.28 bits per heavy atom. The Morgan fingerprint density at radius 3 is 2.67 bits per heavy atom. The lowest BCUT2D eigenvalue weighted by atomic mass is 10.2. The van der Waals surface area contributed by atoms with Gasteiger partial charge in [0.05, 0.1) is 7.11 Å². The van der Waals surface area contributed by atoms with E-state index in [0.29, 0.717) is 6.42 Å². The number of nitrogens with two attached hydrogens (primary N) is 1. The van der Waals surface area contributed by atoms with Gasteiger partial charge in [0.1, 0.15) is 6.04 Å². The van der Waals surface area contributed by atoms with Gasteiger partial charge in [0.15, 0.2) is 0 Å². The van der Waals surface area contributed by atoms with Crippen LogP contribution >= 0.6 is 23.5 Å². The number of carbonyl (C=O) groups excluding carboxylic acids is 1. The highest BCUT2D eigenvalue weighted by molar-refractivity contribution is 8.02. The van der Waals surface area contributed by atoms with Gasteiger partial charge in [-0.25, -0.2) is 0 Å². The number of thioether (sulfide) groups is 2. The van der Waals surface area contributed by atoms with Crippen molar-refractivity contribution in [2.45, 2.75) is 17.4 Å². The maximum Gasteiger partial charge on any atom is 0.322 e. The molecule has 1 aromatic rings. The van der Waals surface area contributed by atoms with Crippen molar-refractivity contribution in [2.24, 2.45) is 5.73 Å². The van der Waals surface area contributed by atoms with Crippen molar-refractivity contribution in [1.29, 1.82) is 0 Å². The van der Waals surface area contributed by atoms with Gasteiger partial charge >= 0.3 is 5.97 Å². The van der Waals surface area contributed by atoms with Crippen LogP contribution in [0.3, 0.4) is 0 Å². The average Bonchev–Trinajstić information content (AvgIpc) is 2.42. The number of rotatable bonds is 8. The second-order valence-corrected chi connectivity index (χ2v) is 6.09. The predicted octanol–water partition coefficient (Wildman–Crippen LogP) is 2.40. The molecule has 0 fully saturated rings. The first kappa shape index (κ1) is 15.4. The van der Waals surface area contributed by atoms with Gasteiger partial charge in [-0.3, -0.25) is 4.79 Å². The standard InChI is InChI=1S/C13H19NO2S2/c1-16-13(15)12(14)7-8-17-9-10-18-11-5-3-2-4-6-11/h2-6,12H,7-10,14H2,1H3.